The molecular formula is C11H17N3O4S. The van der Waals surface area contributed by atoms with E-state index >= 15 is 0 Å². The molecule has 0 aliphatic heterocycles. The lowest BCUT2D eigenvalue weighted by atomic mass is 10.1. The Morgan fingerprint density at radius 2 is 2.00 bits per heavy atom. The lowest BCUT2D eigenvalue weighted by molar-refractivity contribution is 0.0537. The van der Waals surface area contributed by atoms with E-state index in [-0.39, 0.29) is 16.9 Å². The first-order valence-corrected chi connectivity index (χ1v) is 7.07. The van der Waals surface area contributed by atoms with Crippen LogP contribution in [0.5, 0.6) is 0 Å². The van der Waals surface area contributed by atoms with Gasteiger partial charge in [-0.25, -0.2) is 13.9 Å². The molecule has 0 saturated carbocycles. The summed E-state index contributed by atoms with van der Waals surface area (Å²) in [5.74, 6) is -0.493. The molecule has 1 aromatic carbocycles. The Bertz CT molecular complexity index is 569. The number of carbonyl (C=O) groups is 1. The van der Waals surface area contributed by atoms with E-state index in [0.29, 0.717) is 0 Å². The number of carbonyl (C=O) groups excluding carboxylic acids is 1. The Morgan fingerprint density at radius 3 is 2.53 bits per heavy atom. The van der Waals surface area contributed by atoms with Gasteiger partial charge in [0.25, 0.3) is 5.91 Å². The Labute approximate surface area is 112 Å². The maximum Gasteiger partial charge on any atom is 0.274 e. The van der Waals surface area contributed by atoms with Gasteiger partial charge in [-0.2, -0.15) is 0 Å². The summed E-state index contributed by atoms with van der Waals surface area (Å²) in [7, 11) is -2.22. The van der Waals surface area contributed by atoms with Crippen molar-refractivity contribution in [2.45, 2.75) is 19.1 Å². The molecule has 0 aliphatic rings. The molecule has 7 nitrogen and oxygen atoms in total. The summed E-state index contributed by atoms with van der Waals surface area (Å²) in [6, 6.07) is 4.27. The average Bonchev–Trinajstić information content (AvgIpc) is 2.31. The highest BCUT2D eigenvalue weighted by molar-refractivity contribution is 7.93. The fourth-order valence-corrected chi connectivity index (χ4v) is 1.93. The molecule has 1 rings (SSSR count). The van der Waals surface area contributed by atoms with Crippen LogP contribution in [0.4, 0.5) is 11.4 Å². The van der Waals surface area contributed by atoms with Crippen LogP contribution in [-0.2, 0) is 14.9 Å². The number of hydroxylamine groups is 1. The average molecular weight is 287 g/mol. The quantitative estimate of drug-likeness (QED) is 0.545. The fourth-order valence-electron chi connectivity index (χ4n) is 1.21. The Hall–Kier alpha value is -1.80. The maximum absolute atomic E-state index is 11.8. The SMILES string of the molecule is CONC(=O)c1ccc(N)c(NS(=O)(=O)C(C)C)c1. The molecule has 106 valence electrons. The van der Waals surface area contributed by atoms with Gasteiger partial charge in [0.05, 0.1) is 23.7 Å². The van der Waals surface area contributed by atoms with Gasteiger partial charge in [0.1, 0.15) is 0 Å². The minimum Gasteiger partial charge on any atom is -0.397 e. The fraction of sp³-hybridized carbons (Fsp3) is 0.364. The van der Waals surface area contributed by atoms with Gasteiger partial charge in [-0.1, -0.05) is 0 Å². The summed E-state index contributed by atoms with van der Waals surface area (Å²) >= 11 is 0. The zero-order valence-corrected chi connectivity index (χ0v) is 11.7. The third kappa shape index (κ3) is 3.83. The number of anilines is 2. The zero-order valence-electron chi connectivity index (χ0n) is 10.9. The monoisotopic (exact) mass is 287 g/mol. The molecule has 0 bridgehead atoms. The standard InChI is InChI=1S/C11H17N3O4S/c1-7(2)19(16,17)14-10-6-8(4-5-9(10)12)11(15)13-18-3/h4-7,14H,12H2,1-3H3,(H,13,15). The van der Waals surface area contributed by atoms with E-state index in [1.165, 1.54) is 25.3 Å². The molecule has 0 heterocycles. The molecule has 1 amide bonds. The summed E-state index contributed by atoms with van der Waals surface area (Å²) in [6.45, 7) is 3.08. The van der Waals surface area contributed by atoms with Crippen LogP contribution < -0.4 is 15.9 Å². The molecule has 19 heavy (non-hydrogen) atoms. The molecule has 4 N–H and O–H groups in total. The van der Waals surface area contributed by atoms with Crippen LogP contribution in [0.3, 0.4) is 0 Å². The summed E-state index contributed by atoms with van der Waals surface area (Å²) < 4.78 is 25.9. The Morgan fingerprint density at radius 1 is 1.37 bits per heavy atom. The number of nitrogens with two attached hydrogens (primary N) is 1. The lowest BCUT2D eigenvalue weighted by Crippen LogP contribution is -2.24. The van der Waals surface area contributed by atoms with E-state index in [0.717, 1.165) is 0 Å². The molecule has 0 aliphatic carbocycles. The molecule has 0 radical (unpaired) electrons. The Balaban J connectivity index is 3.08. The molecular weight excluding hydrogens is 270 g/mol. The number of amides is 1. The third-order valence-electron chi connectivity index (χ3n) is 2.38. The highest BCUT2D eigenvalue weighted by Crippen LogP contribution is 2.22. The van der Waals surface area contributed by atoms with Gasteiger partial charge in [0.15, 0.2) is 0 Å². The second kappa shape index (κ2) is 5.89. The zero-order chi connectivity index (χ0) is 14.6. The van der Waals surface area contributed by atoms with Crippen molar-refractivity contribution in [3.8, 4) is 0 Å². The number of nitrogen functional groups attached to an aromatic ring is 1. The van der Waals surface area contributed by atoms with Crippen LogP contribution >= 0.6 is 0 Å². The number of hydrogen-bond acceptors (Lipinski definition) is 5. The van der Waals surface area contributed by atoms with Crippen molar-refractivity contribution in [2.24, 2.45) is 0 Å². The second-order valence-corrected chi connectivity index (χ2v) is 6.37. The van der Waals surface area contributed by atoms with Crippen LogP contribution in [0.25, 0.3) is 0 Å². The first kappa shape index (κ1) is 15.3. The van der Waals surface area contributed by atoms with E-state index in [4.69, 9.17) is 5.73 Å². The van der Waals surface area contributed by atoms with Crippen LogP contribution in [0.1, 0.15) is 24.2 Å². The van der Waals surface area contributed by atoms with Gasteiger partial charge in [-0.05, 0) is 32.0 Å². The molecule has 0 spiro atoms. The van der Waals surface area contributed by atoms with Crippen LogP contribution in [0.2, 0.25) is 0 Å². The van der Waals surface area contributed by atoms with Gasteiger partial charge < -0.3 is 5.73 Å². The molecule has 8 heteroatoms. The molecule has 0 aromatic heterocycles. The number of sulfonamides is 1. The van der Waals surface area contributed by atoms with Crippen molar-refractivity contribution in [1.82, 2.24) is 5.48 Å². The van der Waals surface area contributed by atoms with Crippen molar-refractivity contribution in [1.29, 1.82) is 0 Å². The molecule has 0 saturated heterocycles. The van der Waals surface area contributed by atoms with Gasteiger partial charge in [-0.15, -0.1) is 0 Å². The van der Waals surface area contributed by atoms with E-state index < -0.39 is 21.2 Å². The largest absolute Gasteiger partial charge is 0.397 e. The minimum absolute atomic E-state index is 0.164. The molecule has 0 unspecified atom stereocenters. The van der Waals surface area contributed by atoms with Crippen molar-refractivity contribution in [3.63, 3.8) is 0 Å². The molecule has 0 atom stereocenters. The van der Waals surface area contributed by atoms with E-state index in [2.05, 4.69) is 15.0 Å². The van der Waals surface area contributed by atoms with Crippen LogP contribution in [0, 0.1) is 0 Å². The second-order valence-electron chi connectivity index (χ2n) is 4.13. The van der Waals surface area contributed by atoms with Crippen molar-refractivity contribution in [2.75, 3.05) is 17.6 Å². The highest BCUT2D eigenvalue weighted by atomic mass is 32.2. The number of rotatable bonds is 5. The van der Waals surface area contributed by atoms with Crippen molar-refractivity contribution >= 4 is 27.3 Å². The van der Waals surface area contributed by atoms with E-state index in [1.54, 1.807) is 13.8 Å². The molecule has 1 aromatic rings. The third-order valence-corrected chi connectivity index (χ3v) is 4.13. The predicted octanol–water partition coefficient (Wildman–Crippen LogP) is 0.710. The Kier molecular flexibility index (Phi) is 4.73. The van der Waals surface area contributed by atoms with Crippen molar-refractivity contribution < 1.29 is 18.0 Å². The number of hydrogen-bond donors (Lipinski definition) is 3. The smallest absolute Gasteiger partial charge is 0.274 e. The summed E-state index contributed by atoms with van der Waals surface area (Å²) in [6.07, 6.45) is 0. The van der Waals surface area contributed by atoms with Gasteiger partial charge in [0.2, 0.25) is 10.0 Å². The van der Waals surface area contributed by atoms with Gasteiger partial charge in [0, 0.05) is 5.56 Å². The predicted molar refractivity (Wildman–Crippen MR) is 73.0 cm³/mol. The van der Waals surface area contributed by atoms with Crippen LogP contribution in [0.15, 0.2) is 18.2 Å². The first-order chi connectivity index (χ1) is 8.77. The normalized spacial score (nSPS) is 11.4. The lowest BCUT2D eigenvalue weighted by Gasteiger charge is -2.13. The summed E-state index contributed by atoms with van der Waals surface area (Å²) in [5.41, 5.74) is 8.45. The van der Waals surface area contributed by atoms with E-state index in [9.17, 15) is 13.2 Å². The number of nitrogens with one attached hydrogen (secondary N) is 2. The first-order valence-electron chi connectivity index (χ1n) is 5.52. The highest BCUT2D eigenvalue weighted by Gasteiger charge is 2.18. The minimum atomic E-state index is -3.52. The van der Waals surface area contributed by atoms with Crippen LogP contribution in [-0.4, -0.2) is 26.7 Å². The maximum atomic E-state index is 11.8. The number of benzene rings is 1. The van der Waals surface area contributed by atoms with Gasteiger partial charge in [-0.3, -0.25) is 14.4 Å². The van der Waals surface area contributed by atoms with Crippen molar-refractivity contribution in [3.05, 3.63) is 23.8 Å². The topological polar surface area (TPSA) is 111 Å². The van der Waals surface area contributed by atoms with E-state index in [1.807, 2.05) is 0 Å². The summed E-state index contributed by atoms with van der Waals surface area (Å²) in [5, 5.41) is -0.608. The summed E-state index contributed by atoms with van der Waals surface area (Å²) in [4.78, 5) is 16.1. The molecule has 0 fully saturated rings. The van der Waals surface area contributed by atoms with Gasteiger partial charge >= 0.3 is 0 Å².